The molecule has 1 aliphatic carbocycles. The Morgan fingerprint density at radius 2 is 0.840 bits per heavy atom. The van der Waals surface area contributed by atoms with Gasteiger partial charge in [0.25, 0.3) is 0 Å². The van der Waals surface area contributed by atoms with Gasteiger partial charge in [-0.25, -0.2) is 0 Å². The van der Waals surface area contributed by atoms with Gasteiger partial charge in [-0.1, -0.05) is 159 Å². The first-order valence-electron chi connectivity index (χ1n) is 17.4. The van der Waals surface area contributed by atoms with Crippen molar-refractivity contribution in [3.63, 3.8) is 0 Å². The molecule has 0 nitrogen and oxygen atoms in total. The van der Waals surface area contributed by atoms with Crippen LogP contribution in [0.25, 0.3) is 86.6 Å². The van der Waals surface area contributed by atoms with Crippen molar-refractivity contribution in [1.29, 1.82) is 0 Å². The van der Waals surface area contributed by atoms with Gasteiger partial charge in [0, 0.05) is 15.0 Å². The quantitative estimate of drug-likeness (QED) is 0.166. The highest BCUT2D eigenvalue weighted by Crippen LogP contribution is 2.56. The summed E-state index contributed by atoms with van der Waals surface area (Å²) in [4.78, 5) is 1.43. The van der Waals surface area contributed by atoms with Crippen LogP contribution in [0.1, 0.15) is 25.0 Å². The Kier molecular flexibility index (Phi) is 6.50. The van der Waals surface area contributed by atoms with E-state index in [-0.39, 0.29) is 5.41 Å². The summed E-state index contributed by atoms with van der Waals surface area (Å²) in [6.07, 6.45) is 0. The van der Waals surface area contributed by atoms with Crippen LogP contribution in [0.15, 0.2) is 170 Å². The average molecular weight is 655 g/mol. The second kappa shape index (κ2) is 11.1. The zero-order valence-corrected chi connectivity index (χ0v) is 28.9. The molecule has 0 aliphatic heterocycles. The van der Waals surface area contributed by atoms with E-state index in [0.29, 0.717) is 0 Å². The van der Waals surface area contributed by atoms with E-state index in [1.807, 2.05) is 11.3 Å². The third-order valence-corrected chi connectivity index (χ3v) is 12.0. The van der Waals surface area contributed by atoms with Gasteiger partial charge >= 0.3 is 0 Å². The van der Waals surface area contributed by atoms with Gasteiger partial charge in [0.1, 0.15) is 0 Å². The molecule has 0 bridgehead atoms. The lowest BCUT2D eigenvalue weighted by Crippen LogP contribution is -2.15. The van der Waals surface area contributed by atoms with E-state index in [1.54, 1.807) is 0 Å². The molecule has 1 aliphatic rings. The Labute approximate surface area is 296 Å². The molecule has 8 aromatic carbocycles. The maximum absolute atomic E-state index is 2.49. The van der Waals surface area contributed by atoms with Crippen molar-refractivity contribution < 1.29 is 0 Å². The zero-order valence-electron chi connectivity index (χ0n) is 28.1. The van der Waals surface area contributed by atoms with Crippen molar-refractivity contribution in [3.05, 3.63) is 181 Å². The summed E-state index contributed by atoms with van der Waals surface area (Å²) in [5.74, 6) is 0. The largest absolute Gasteiger partial charge is 0.135 e. The van der Waals surface area contributed by atoms with E-state index in [9.17, 15) is 0 Å². The molecule has 0 unspecified atom stereocenters. The summed E-state index contributed by atoms with van der Waals surface area (Å²) in [6.45, 7) is 4.81. The first-order valence-corrected chi connectivity index (χ1v) is 18.2. The number of benzene rings is 8. The highest BCUT2D eigenvalue weighted by atomic mass is 32.1. The van der Waals surface area contributed by atoms with Gasteiger partial charge in [-0.15, -0.1) is 11.3 Å². The molecule has 0 atom stereocenters. The third kappa shape index (κ3) is 4.37. The van der Waals surface area contributed by atoms with E-state index < -0.39 is 0 Å². The molecule has 9 aromatic rings. The molecule has 0 saturated carbocycles. The monoisotopic (exact) mass is 654 g/mol. The van der Waals surface area contributed by atoms with E-state index in [4.69, 9.17) is 0 Å². The van der Waals surface area contributed by atoms with Crippen LogP contribution >= 0.6 is 11.3 Å². The molecule has 10 rings (SSSR count). The van der Waals surface area contributed by atoms with Gasteiger partial charge < -0.3 is 0 Å². The van der Waals surface area contributed by atoms with Crippen LogP contribution in [0.3, 0.4) is 0 Å². The molecule has 0 saturated heterocycles. The molecule has 50 heavy (non-hydrogen) atoms. The first-order chi connectivity index (χ1) is 24.6. The van der Waals surface area contributed by atoms with Gasteiger partial charge in [-0.05, 0) is 112 Å². The summed E-state index contributed by atoms with van der Waals surface area (Å²) in [7, 11) is 0. The topological polar surface area (TPSA) is 0 Å². The summed E-state index contributed by atoms with van der Waals surface area (Å²) in [5.41, 5.74) is 14.2. The van der Waals surface area contributed by atoms with Gasteiger partial charge in [0.05, 0.1) is 0 Å². The van der Waals surface area contributed by atoms with Gasteiger partial charge in [-0.2, -0.15) is 0 Å². The van der Waals surface area contributed by atoms with Crippen LogP contribution in [0, 0.1) is 0 Å². The molecule has 236 valence electrons. The van der Waals surface area contributed by atoms with E-state index in [2.05, 4.69) is 184 Å². The van der Waals surface area contributed by atoms with Crippen molar-refractivity contribution in [2.45, 2.75) is 19.3 Å². The smallest absolute Gasteiger partial charge is 0.0399 e. The third-order valence-electron chi connectivity index (χ3n) is 10.8. The van der Waals surface area contributed by atoms with E-state index >= 15 is 0 Å². The lowest BCUT2D eigenvalue weighted by atomic mass is 9.79. The van der Waals surface area contributed by atoms with Crippen molar-refractivity contribution >= 4 is 43.0 Å². The molecule has 0 radical (unpaired) electrons. The van der Waals surface area contributed by atoms with Crippen LogP contribution in [-0.2, 0) is 5.41 Å². The maximum Gasteiger partial charge on any atom is 0.0399 e. The molecule has 0 N–H and O–H groups in total. The molecule has 0 fully saturated rings. The minimum absolute atomic E-state index is 0.0793. The van der Waals surface area contributed by atoms with E-state index in [0.717, 1.165) is 0 Å². The molecule has 1 aromatic heterocycles. The van der Waals surface area contributed by atoms with Gasteiger partial charge in [-0.3, -0.25) is 0 Å². The predicted molar refractivity (Wildman–Crippen MR) is 216 cm³/mol. The van der Waals surface area contributed by atoms with E-state index in [1.165, 1.54) is 97.7 Å². The summed E-state index contributed by atoms with van der Waals surface area (Å²) in [6, 6.07) is 62.8. The zero-order chi connectivity index (χ0) is 33.4. The Hall–Kier alpha value is -5.76. The highest BCUT2D eigenvalue weighted by molar-refractivity contribution is 7.22. The first kappa shape index (κ1) is 29.2. The van der Waals surface area contributed by atoms with Crippen LogP contribution in [-0.4, -0.2) is 0 Å². The molecular weight excluding hydrogens is 621 g/mol. The molecule has 1 heteroatoms. The highest BCUT2D eigenvalue weighted by Gasteiger charge is 2.39. The average Bonchev–Trinajstić information content (AvgIpc) is 3.67. The summed E-state index contributed by atoms with van der Waals surface area (Å²) in [5, 5.41) is 6.52. The standard InChI is InChI=1S/C49H34S/c1-49(2)43-30-36(26-27-41(43)48-47(49)42-24-10-11-25-44(42)50-48)46-39-22-8-6-20-37(39)45(38-21-7-9-23-40(38)46)35-19-13-18-34(29-35)33-17-12-16-32(28-33)31-14-4-3-5-15-31/h3-30H,1-2H3. The molecule has 0 spiro atoms. The maximum atomic E-state index is 2.49. The van der Waals surface area contributed by atoms with Gasteiger partial charge in [0.2, 0.25) is 0 Å². The number of hydrogen-bond acceptors (Lipinski definition) is 1. The summed E-state index contributed by atoms with van der Waals surface area (Å²) < 4.78 is 1.38. The predicted octanol–water partition coefficient (Wildman–Crippen LogP) is 14.2. The van der Waals surface area contributed by atoms with Crippen molar-refractivity contribution in [3.8, 4) is 54.9 Å². The van der Waals surface area contributed by atoms with Crippen molar-refractivity contribution in [2.24, 2.45) is 0 Å². The minimum Gasteiger partial charge on any atom is -0.135 e. The fourth-order valence-electron chi connectivity index (χ4n) is 8.52. The summed E-state index contributed by atoms with van der Waals surface area (Å²) >= 11 is 1.94. The van der Waals surface area contributed by atoms with Crippen LogP contribution in [0.2, 0.25) is 0 Å². The fourth-order valence-corrected chi connectivity index (χ4v) is 9.92. The van der Waals surface area contributed by atoms with Crippen molar-refractivity contribution in [1.82, 2.24) is 0 Å². The van der Waals surface area contributed by atoms with Crippen LogP contribution in [0.4, 0.5) is 0 Å². The Bertz CT molecular complexity index is 2720. The molecular formula is C49H34S. The lowest BCUT2D eigenvalue weighted by Gasteiger charge is -2.23. The van der Waals surface area contributed by atoms with Crippen LogP contribution < -0.4 is 0 Å². The molecule has 1 heterocycles. The lowest BCUT2D eigenvalue weighted by molar-refractivity contribution is 0.667. The normalized spacial score (nSPS) is 13.2. The fraction of sp³-hybridized carbons (Fsp3) is 0.0612. The van der Waals surface area contributed by atoms with Crippen LogP contribution in [0.5, 0.6) is 0 Å². The van der Waals surface area contributed by atoms with Crippen molar-refractivity contribution in [2.75, 3.05) is 0 Å². The Morgan fingerprint density at radius 3 is 1.46 bits per heavy atom. The second-order valence-corrected chi connectivity index (χ2v) is 15.1. The SMILES string of the molecule is CC1(C)c2cc(-c3c4ccccc4c(-c4cccc(-c5cccc(-c6ccccc6)c5)c4)c4ccccc34)ccc2-c2sc3ccccc3c21. The Balaban J connectivity index is 1.16. The van der Waals surface area contributed by atoms with Gasteiger partial charge in [0.15, 0.2) is 0 Å². The Morgan fingerprint density at radius 1 is 0.380 bits per heavy atom. The number of rotatable bonds is 4. The second-order valence-electron chi connectivity index (χ2n) is 14.1. The minimum atomic E-state index is -0.0793. The number of thiophene rings is 1. The molecule has 0 amide bonds. The number of fused-ring (bicyclic) bond motifs is 7. The number of hydrogen-bond donors (Lipinski definition) is 0.